The maximum absolute atomic E-state index is 11.9. The molecule has 0 saturated heterocycles. The summed E-state index contributed by atoms with van der Waals surface area (Å²) in [5.74, 6) is 0.528. The van der Waals surface area contributed by atoms with E-state index in [1.165, 1.54) is 0 Å². The van der Waals surface area contributed by atoms with E-state index >= 15 is 0 Å². The molecule has 0 aliphatic heterocycles. The molecule has 0 aromatic heterocycles. The van der Waals surface area contributed by atoms with E-state index in [-0.39, 0.29) is 11.9 Å². The van der Waals surface area contributed by atoms with Gasteiger partial charge in [0.15, 0.2) is 0 Å². The molecule has 0 bridgehead atoms. The van der Waals surface area contributed by atoms with Crippen molar-refractivity contribution in [3.63, 3.8) is 0 Å². The SMILES string of the molecule is COC1(C(=O)N[C@H](C)C(C)C)CCC1. The van der Waals surface area contributed by atoms with E-state index in [0.717, 1.165) is 19.3 Å². The molecule has 1 amide bonds. The van der Waals surface area contributed by atoms with Gasteiger partial charge >= 0.3 is 0 Å². The second kappa shape index (κ2) is 4.30. The number of hydrogen-bond acceptors (Lipinski definition) is 2. The van der Waals surface area contributed by atoms with E-state index in [1.807, 2.05) is 6.92 Å². The summed E-state index contributed by atoms with van der Waals surface area (Å²) in [7, 11) is 1.62. The molecular weight excluding hydrogens is 178 g/mol. The van der Waals surface area contributed by atoms with E-state index in [2.05, 4.69) is 19.2 Å². The second-order valence-corrected chi connectivity index (χ2v) is 4.56. The van der Waals surface area contributed by atoms with Crippen molar-refractivity contribution >= 4 is 5.91 Å². The fourth-order valence-electron chi connectivity index (χ4n) is 1.53. The van der Waals surface area contributed by atoms with Crippen LogP contribution in [0.1, 0.15) is 40.0 Å². The minimum absolute atomic E-state index is 0.0625. The molecule has 3 heteroatoms. The van der Waals surface area contributed by atoms with Crippen molar-refractivity contribution in [1.82, 2.24) is 5.32 Å². The van der Waals surface area contributed by atoms with Crippen molar-refractivity contribution in [3.05, 3.63) is 0 Å². The Morgan fingerprint density at radius 3 is 2.21 bits per heavy atom. The van der Waals surface area contributed by atoms with Crippen LogP contribution in [0.25, 0.3) is 0 Å². The van der Waals surface area contributed by atoms with Gasteiger partial charge in [0, 0.05) is 13.2 Å². The highest BCUT2D eigenvalue weighted by Crippen LogP contribution is 2.35. The average Bonchev–Trinajstić information content (AvgIpc) is 2.02. The van der Waals surface area contributed by atoms with Gasteiger partial charge in [0.25, 0.3) is 5.91 Å². The first kappa shape index (κ1) is 11.5. The zero-order valence-electron chi connectivity index (χ0n) is 9.59. The molecule has 3 nitrogen and oxygen atoms in total. The highest BCUT2D eigenvalue weighted by atomic mass is 16.5. The number of amides is 1. The van der Waals surface area contributed by atoms with Gasteiger partial charge < -0.3 is 10.1 Å². The summed E-state index contributed by atoms with van der Waals surface area (Å²) in [6, 6.07) is 0.218. The van der Waals surface area contributed by atoms with Crippen molar-refractivity contribution in [3.8, 4) is 0 Å². The zero-order valence-corrected chi connectivity index (χ0v) is 9.59. The molecule has 0 aromatic carbocycles. The molecule has 82 valence electrons. The molecular formula is C11H21NO2. The molecule has 1 aliphatic carbocycles. The number of carbonyl (C=O) groups is 1. The van der Waals surface area contributed by atoms with Crippen molar-refractivity contribution in [2.75, 3.05) is 7.11 Å². The van der Waals surface area contributed by atoms with Crippen molar-refractivity contribution in [2.45, 2.75) is 51.7 Å². The first-order valence-corrected chi connectivity index (χ1v) is 5.38. The summed E-state index contributed by atoms with van der Waals surface area (Å²) in [6.45, 7) is 6.24. The number of hydrogen-bond donors (Lipinski definition) is 1. The van der Waals surface area contributed by atoms with E-state index in [4.69, 9.17) is 4.74 Å². The Morgan fingerprint density at radius 2 is 1.93 bits per heavy atom. The average molecular weight is 199 g/mol. The van der Waals surface area contributed by atoms with Gasteiger partial charge in [-0.1, -0.05) is 13.8 Å². The monoisotopic (exact) mass is 199 g/mol. The van der Waals surface area contributed by atoms with Crippen LogP contribution in [0.15, 0.2) is 0 Å². The highest BCUT2D eigenvalue weighted by Gasteiger charge is 2.44. The molecule has 14 heavy (non-hydrogen) atoms. The van der Waals surface area contributed by atoms with Gasteiger partial charge in [-0.05, 0) is 32.1 Å². The van der Waals surface area contributed by atoms with Crippen LogP contribution in [-0.2, 0) is 9.53 Å². The Morgan fingerprint density at radius 1 is 1.36 bits per heavy atom. The van der Waals surface area contributed by atoms with Gasteiger partial charge in [-0.25, -0.2) is 0 Å². The molecule has 1 aliphatic rings. The van der Waals surface area contributed by atoms with Crippen LogP contribution in [-0.4, -0.2) is 24.7 Å². The summed E-state index contributed by atoms with van der Waals surface area (Å²) in [4.78, 5) is 11.9. The van der Waals surface area contributed by atoms with Crippen molar-refractivity contribution in [2.24, 2.45) is 5.92 Å². The highest BCUT2D eigenvalue weighted by molar-refractivity contribution is 5.86. The molecule has 1 saturated carbocycles. The second-order valence-electron chi connectivity index (χ2n) is 4.56. The smallest absolute Gasteiger partial charge is 0.252 e. The van der Waals surface area contributed by atoms with Crippen molar-refractivity contribution in [1.29, 1.82) is 0 Å². The third-order valence-corrected chi connectivity index (χ3v) is 3.32. The van der Waals surface area contributed by atoms with Gasteiger partial charge in [0.2, 0.25) is 0 Å². The minimum Gasteiger partial charge on any atom is -0.368 e. The minimum atomic E-state index is -0.511. The van der Waals surface area contributed by atoms with Crippen LogP contribution < -0.4 is 5.32 Å². The van der Waals surface area contributed by atoms with Gasteiger partial charge in [-0.15, -0.1) is 0 Å². The Bertz CT molecular complexity index is 204. The van der Waals surface area contributed by atoms with Crippen LogP contribution in [0.4, 0.5) is 0 Å². The summed E-state index contributed by atoms with van der Waals surface area (Å²) in [5, 5.41) is 3.01. The number of ether oxygens (including phenoxy) is 1. The molecule has 1 N–H and O–H groups in total. The standard InChI is InChI=1S/C11H21NO2/c1-8(2)9(3)12-10(13)11(14-4)6-5-7-11/h8-9H,5-7H2,1-4H3,(H,12,13)/t9-/m1/s1. The summed E-state index contributed by atoms with van der Waals surface area (Å²) >= 11 is 0. The Balaban J connectivity index is 2.48. The molecule has 0 radical (unpaired) electrons. The van der Waals surface area contributed by atoms with Crippen LogP contribution in [0.3, 0.4) is 0 Å². The third-order valence-electron chi connectivity index (χ3n) is 3.32. The number of methoxy groups -OCH3 is 1. The maximum atomic E-state index is 11.9. The number of nitrogens with one attached hydrogen (secondary N) is 1. The number of rotatable bonds is 4. The lowest BCUT2D eigenvalue weighted by Crippen LogP contribution is -2.55. The van der Waals surface area contributed by atoms with Crippen LogP contribution in [0, 0.1) is 5.92 Å². The lowest BCUT2D eigenvalue weighted by Gasteiger charge is -2.39. The molecule has 0 spiro atoms. The fourth-order valence-corrected chi connectivity index (χ4v) is 1.53. The largest absolute Gasteiger partial charge is 0.368 e. The predicted molar refractivity (Wildman–Crippen MR) is 56.0 cm³/mol. The molecule has 0 unspecified atom stereocenters. The lowest BCUT2D eigenvalue weighted by molar-refractivity contribution is -0.155. The van der Waals surface area contributed by atoms with Gasteiger partial charge in [-0.3, -0.25) is 4.79 Å². The van der Waals surface area contributed by atoms with Gasteiger partial charge in [0.05, 0.1) is 0 Å². The van der Waals surface area contributed by atoms with E-state index in [0.29, 0.717) is 5.92 Å². The van der Waals surface area contributed by atoms with Crippen LogP contribution in [0.5, 0.6) is 0 Å². The maximum Gasteiger partial charge on any atom is 0.252 e. The lowest BCUT2D eigenvalue weighted by atomic mass is 9.79. The molecule has 0 heterocycles. The number of carbonyl (C=O) groups excluding carboxylic acids is 1. The zero-order chi connectivity index (χ0) is 10.8. The first-order chi connectivity index (χ1) is 6.52. The first-order valence-electron chi connectivity index (χ1n) is 5.38. The van der Waals surface area contributed by atoms with E-state index in [9.17, 15) is 4.79 Å². The molecule has 1 atom stereocenters. The summed E-state index contributed by atoms with van der Waals surface area (Å²) < 4.78 is 5.30. The topological polar surface area (TPSA) is 38.3 Å². The third kappa shape index (κ3) is 2.08. The fraction of sp³-hybridized carbons (Fsp3) is 0.909. The summed E-state index contributed by atoms with van der Waals surface area (Å²) in [5.41, 5.74) is -0.511. The Kier molecular flexibility index (Phi) is 3.53. The Hall–Kier alpha value is -0.570. The molecule has 1 fully saturated rings. The Labute approximate surface area is 86.2 Å². The van der Waals surface area contributed by atoms with E-state index < -0.39 is 5.60 Å². The van der Waals surface area contributed by atoms with Crippen LogP contribution >= 0.6 is 0 Å². The quantitative estimate of drug-likeness (QED) is 0.748. The summed E-state index contributed by atoms with van der Waals surface area (Å²) in [6.07, 6.45) is 2.82. The predicted octanol–water partition coefficient (Wildman–Crippen LogP) is 1.72. The van der Waals surface area contributed by atoms with Crippen LogP contribution in [0.2, 0.25) is 0 Å². The molecule has 1 rings (SSSR count). The van der Waals surface area contributed by atoms with Gasteiger partial charge in [-0.2, -0.15) is 0 Å². The normalized spacial score (nSPS) is 21.5. The molecule has 0 aromatic rings. The van der Waals surface area contributed by atoms with E-state index in [1.54, 1.807) is 7.11 Å². The van der Waals surface area contributed by atoms with Crippen molar-refractivity contribution < 1.29 is 9.53 Å². The van der Waals surface area contributed by atoms with Gasteiger partial charge in [0.1, 0.15) is 5.60 Å².